The summed E-state index contributed by atoms with van der Waals surface area (Å²) in [5, 5.41) is 4.63. The van der Waals surface area contributed by atoms with Crippen molar-refractivity contribution in [1.29, 1.82) is 0 Å². The molecule has 3 rings (SSSR count). The van der Waals surface area contributed by atoms with E-state index < -0.39 is 11.9 Å². The summed E-state index contributed by atoms with van der Waals surface area (Å²) in [6.45, 7) is 0.393. The highest BCUT2D eigenvalue weighted by Gasteiger charge is 2.23. The predicted molar refractivity (Wildman–Crippen MR) is 97.3 cm³/mol. The fourth-order valence-electron chi connectivity index (χ4n) is 2.14. The third kappa shape index (κ3) is 4.04. The standard InChI is InChI=1S/C17H12Br2N2O3/c18-12-3-1-10(2-4-12)9-24-15-6-5-13(19)7-11(15)8-14-16(22)21-17(23)20-14/h1-8H,9H2,(H2,20,21,22,23)/b14-8+. The van der Waals surface area contributed by atoms with E-state index in [1.807, 2.05) is 42.5 Å². The lowest BCUT2D eigenvalue weighted by Crippen LogP contribution is -2.22. The molecule has 0 saturated carbocycles. The maximum absolute atomic E-state index is 11.7. The van der Waals surface area contributed by atoms with Crippen LogP contribution >= 0.6 is 31.9 Å². The molecule has 24 heavy (non-hydrogen) atoms. The largest absolute Gasteiger partial charge is 0.488 e. The second kappa shape index (κ2) is 7.19. The maximum Gasteiger partial charge on any atom is 0.326 e. The number of urea groups is 1. The van der Waals surface area contributed by atoms with Crippen LogP contribution in [0.15, 0.2) is 57.1 Å². The molecule has 2 aromatic rings. The molecule has 3 amide bonds. The average molecular weight is 452 g/mol. The molecule has 0 unspecified atom stereocenters. The van der Waals surface area contributed by atoms with Gasteiger partial charge in [-0.15, -0.1) is 0 Å². The quantitative estimate of drug-likeness (QED) is 0.545. The van der Waals surface area contributed by atoms with Crippen molar-refractivity contribution in [1.82, 2.24) is 10.6 Å². The van der Waals surface area contributed by atoms with Crippen LogP contribution in [0.25, 0.3) is 6.08 Å². The Morgan fingerprint density at radius 1 is 0.958 bits per heavy atom. The summed E-state index contributed by atoms with van der Waals surface area (Å²) in [5.41, 5.74) is 1.90. The predicted octanol–water partition coefficient (Wildman–Crippen LogP) is 3.97. The van der Waals surface area contributed by atoms with Crippen LogP contribution in [0.2, 0.25) is 0 Å². The van der Waals surface area contributed by atoms with Crippen LogP contribution in [-0.4, -0.2) is 11.9 Å². The van der Waals surface area contributed by atoms with Crippen LogP contribution in [0.5, 0.6) is 5.75 Å². The first-order chi connectivity index (χ1) is 11.5. The zero-order valence-electron chi connectivity index (χ0n) is 12.3. The van der Waals surface area contributed by atoms with E-state index >= 15 is 0 Å². The molecule has 0 bridgehead atoms. The molecular weight excluding hydrogens is 440 g/mol. The van der Waals surface area contributed by atoms with Gasteiger partial charge in [-0.3, -0.25) is 10.1 Å². The number of imide groups is 1. The van der Waals surface area contributed by atoms with Gasteiger partial charge in [-0.05, 0) is 42.0 Å². The maximum atomic E-state index is 11.7. The van der Waals surface area contributed by atoms with Gasteiger partial charge in [0.25, 0.3) is 5.91 Å². The summed E-state index contributed by atoms with van der Waals surface area (Å²) in [7, 11) is 0. The Hall–Kier alpha value is -2.12. The molecule has 5 nitrogen and oxygen atoms in total. The molecule has 1 fully saturated rings. The molecule has 0 spiro atoms. The first kappa shape index (κ1) is 16.7. The van der Waals surface area contributed by atoms with E-state index in [0.29, 0.717) is 17.9 Å². The number of carbonyl (C=O) groups excluding carboxylic acids is 2. The average Bonchev–Trinajstić information content (AvgIpc) is 2.86. The Bertz CT molecular complexity index is 832. The highest BCUT2D eigenvalue weighted by Crippen LogP contribution is 2.26. The van der Waals surface area contributed by atoms with Gasteiger partial charge in [-0.25, -0.2) is 4.79 Å². The van der Waals surface area contributed by atoms with Crippen molar-refractivity contribution in [3.63, 3.8) is 0 Å². The van der Waals surface area contributed by atoms with Crippen molar-refractivity contribution < 1.29 is 14.3 Å². The van der Waals surface area contributed by atoms with Crippen LogP contribution in [0.3, 0.4) is 0 Å². The van der Waals surface area contributed by atoms with Gasteiger partial charge in [0.15, 0.2) is 0 Å². The molecule has 122 valence electrons. The third-order valence-electron chi connectivity index (χ3n) is 3.30. The lowest BCUT2D eigenvalue weighted by molar-refractivity contribution is -0.115. The van der Waals surface area contributed by atoms with E-state index in [1.165, 1.54) is 0 Å². The van der Waals surface area contributed by atoms with E-state index in [2.05, 4.69) is 42.5 Å². The molecule has 1 aliphatic rings. The molecule has 2 aromatic carbocycles. The zero-order valence-corrected chi connectivity index (χ0v) is 15.5. The van der Waals surface area contributed by atoms with E-state index in [0.717, 1.165) is 14.5 Å². The summed E-state index contributed by atoms with van der Waals surface area (Å²) in [4.78, 5) is 22.9. The first-order valence-corrected chi connectivity index (χ1v) is 8.61. The normalized spacial score (nSPS) is 15.3. The van der Waals surface area contributed by atoms with Gasteiger partial charge in [0.2, 0.25) is 0 Å². The smallest absolute Gasteiger partial charge is 0.326 e. The molecule has 1 saturated heterocycles. The van der Waals surface area contributed by atoms with E-state index in [4.69, 9.17) is 4.74 Å². The van der Waals surface area contributed by atoms with Gasteiger partial charge in [-0.2, -0.15) is 0 Å². The molecule has 2 N–H and O–H groups in total. The van der Waals surface area contributed by atoms with Crippen LogP contribution in [-0.2, 0) is 11.4 Å². The van der Waals surface area contributed by atoms with Crippen LogP contribution in [0, 0.1) is 0 Å². The highest BCUT2D eigenvalue weighted by atomic mass is 79.9. The lowest BCUT2D eigenvalue weighted by Gasteiger charge is -2.10. The fourth-order valence-corrected chi connectivity index (χ4v) is 2.79. The molecule has 1 heterocycles. The van der Waals surface area contributed by atoms with Crippen molar-refractivity contribution in [3.05, 3.63) is 68.2 Å². The summed E-state index contributed by atoms with van der Waals surface area (Å²) in [6.07, 6.45) is 1.59. The van der Waals surface area contributed by atoms with Crippen LogP contribution in [0.1, 0.15) is 11.1 Å². The van der Waals surface area contributed by atoms with Gasteiger partial charge in [0.05, 0.1) is 0 Å². The van der Waals surface area contributed by atoms with Gasteiger partial charge in [0.1, 0.15) is 18.1 Å². The molecule has 1 aliphatic heterocycles. The number of rotatable bonds is 4. The Morgan fingerprint density at radius 2 is 1.67 bits per heavy atom. The van der Waals surface area contributed by atoms with Crippen molar-refractivity contribution >= 4 is 49.9 Å². The number of carbonyl (C=O) groups is 2. The number of amides is 3. The van der Waals surface area contributed by atoms with Crippen molar-refractivity contribution in [2.24, 2.45) is 0 Å². The van der Waals surface area contributed by atoms with E-state index in [-0.39, 0.29) is 5.70 Å². The molecule has 0 aromatic heterocycles. The number of nitrogens with one attached hydrogen (secondary N) is 2. The monoisotopic (exact) mass is 450 g/mol. The Labute approximate surface area is 155 Å². The molecular formula is C17H12Br2N2O3. The van der Waals surface area contributed by atoms with Crippen LogP contribution in [0.4, 0.5) is 4.79 Å². The van der Waals surface area contributed by atoms with Crippen molar-refractivity contribution in [2.45, 2.75) is 6.61 Å². The summed E-state index contributed by atoms with van der Waals surface area (Å²) in [6, 6.07) is 12.8. The minimum absolute atomic E-state index is 0.187. The minimum Gasteiger partial charge on any atom is -0.488 e. The van der Waals surface area contributed by atoms with Crippen LogP contribution < -0.4 is 15.4 Å². The van der Waals surface area contributed by atoms with Gasteiger partial charge >= 0.3 is 6.03 Å². The summed E-state index contributed by atoms with van der Waals surface area (Å²) in [5.74, 6) is 0.154. The molecule has 0 atom stereocenters. The first-order valence-electron chi connectivity index (χ1n) is 7.02. The lowest BCUT2D eigenvalue weighted by atomic mass is 10.1. The minimum atomic E-state index is -0.529. The van der Waals surface area contributed by atoms with Crippen molar-refractivity contribution in [3.8, 4) is 5.75 Å². The zero-order chi connectivity index (χ0) is 17.1. The number of hydrogen-bond acceptors (Lipinski definition) is 3. The Balaban J connectivity index is 1.83. The number of benzene rings is 2. The SMILES string of the molecule is O=C1NC(=O)/C(=C\c2cc(Br)ccc2OCc2ccc(Br)cc2)N1. The van der Waals surface area contributed by atoms with Gasteiger partial charge in [-0.1, -0.05) is 44.0 Å². The molecule has 0 radical (unpaired) electrons. The van der Waals surface area contributed by atoms with Gasteiger partial charge in [0, 0.05) is 14.5 Å². The summed E-state index contributed by atoms with van der Waals surface area (Å²) < 4.78 is 7.71. The number of halogens is 2. The second-order valence-corrected chi connectivity index (χ2v) is 6.89. The number of ether oxygens (including phenoxy) is 1. The van der Waals surface area contributed by atoms with Crippen molar-refractivity contribution in [2.75, 3.05) is 0 Å². The van der Waals surface area contributed by atoms with E-state index in [9.17, 15) is 9.59 Å². The number of hydrogen-bond donors (Lipinski definition) is 2. The Morgan fingerprint density at radius 3 is 2.33 bits per heavy atom. The Kier molecular flexibility index (Phi) is 5.01. The molecule has 7 heteroatoms. The van der Waals surface area contributed by atoms with Gasteiger partial charge < -0.3 is 10.1 Å². The third-order valence-corrected chi connectivity index (χ3v) is 4.32. The van der Waals surface area contributed by atoms with E-state index in [1.54, 1.807) is 6.08 Å². The second-order valence-electron chi connectivity index (χ2n) is 5.06. The molecule has 0 aliphatic carbocycles. The summed E-state index contributed by atoms with van der Waals surface area (Å²) >= 11 is 6.79. The highest BCUT2D eigenvalue weighted by molar-refractivity contribution is 9.10. The fraction of sp³-hybridized carbons (Fsp3) is 0.0588. The topological polar surface area (TPSA) is 67.4 Å².